The van der Waals surface area contributed by atoms with Gasteiger partial charge >= 0.3 is 0 Å². The minimum atomic E-state index is -0.311. The number of rotatable bonds is 6. The summed E-state index contributed by atoms with van der Waals surface area (Å²) in [5.41, 5.74) is 0.937. The van der Waals surface area contributed by atoms with Crippen LogP contribution in [-0.2, 0) is 4.79 Å². The molecule has 0 spiro atoms. The molecule has 0 saturated heterocycles. The molecule has 2 aromatic rings. The molecule has 24 heavy (non-hydrogen) atoms. The van der Waals surface area contributed by atoms with Crippen molar-refractivity contribution in [3.05, 3.63) is 45.4 Å². The first kappa shape index (κ1) is 18.5. The van der Waals surface area contributed by atoms with Crippen molar-refractivity contribution in [3.63, 3.8) is 0 Å². The molecule has 1 amide bonds. The molecule has 8 heteroatoms. The Balaban J connectivity index is 2.10. The van der Waals surface area contributed by atoms with E-state index in [9.17, 15) is 4.79 Å². The first-order chi connectivity index (χ1) is 11.5. The fourth-order valence-electron chi connectivity index (χ4n) is 1.99. The third-order valence-electron chi connectivity index (χ3n) is 3.14. The zero-order chi connectivity index (χ0) is 17.7. The number of hydrogen-bond donors (Lipinski definition) is 2. The van der Waals surface area contributed by atoms with Gasteiger partial charge in [-0.1, -0.05) is 40.9 Å². The molecule has 0 saturated carbocycles. The van der Waals surface area contributed by atoms with E-state index in [1.807, 2.05) is 0 Å². The maximum absolute atomic E-state index is 12.2. The summed E-state index contributed by atoms with van der Waals surface area (Å²) >= 11 is 18.1. The van der Waals surface area contributed by atoms with E-state index in [0.29, 0.717) is 37.9 Å². The Morgan fingerprint density at radius 1 is 1.00 bits per heavy atom. The maximum atomic E-state index is 12.2. The smallest absolute Gasteiger partial charge is 0.243 e. The van der Waals surface area contributed by atoms with Crippen LogP contribution in [0.1, 0.15) is 0 Å². The fourth-order valence-corrected chi connectivity index (χ4v) is 2.75. The van der Waals surface area contributed by atoms with Crippen LogP contribution in [0.15, 0.2) is 30.3 Å². The molecule has 0 radical (unpaired) electrons. The van der Waals surface area contributed by atoms with Crippen LogP contribution in [0.2, 0.25) is 15.1 Å². The summed E-state index contributed by atoms with van der Waals surface area (Å²) in [7, 11) is 2.97. The highest BCUT2D eigenvalue weighted by Gasteiger charge is 2.13. The topological polar surface area (TPSA) is 59.6 Å². The Labute approximate surface area is 154 Å². The van der Waals surface area contributed by atoms with Crippen LogP contribution in [0.5, 0.6) is 11.5 Å². The second-order valence-electron chi connectivity index (χ2n) is 4.69. The Bertz CT molecular complexity index is 733. The van der Waals surface area contributed by atoms with Gasteiger partial charge in [-0.15, -0.1) is 0 Å². The Hall–Kier alpha value is -1.82. The summed E-state index contributed by atoms with van der Waals surface area (Å²) in [6.45, 7) is -0.0302. The van der Waals surface area contributed by atoms with Gasteiger partial charge in [-0.25, -0.2) is 0 Å². The standard InChI is InChI=1S/C16H15Cl3N2O3/c1-23-13-7-12(14(24-2)6-11(13)19)21-15(22)8-20-16-9(17)4-3-5-10(16)18/h3-7,20H,8H2,1-2H3,(H,21,22). The van der Waals surface area contributed by atoms with Crippen LogP contribution in [-0.4, -0.2) is 26.7 Å². The summed E-state index contributed by atoms with van der Waals surface area (Å²) < 4.78 is 10.3. The number of para-hydroxylation sites is 1. The van der Waals surface area contributed by atoms with Crippen molar-refractivity contribution in [1.29, 1.82) is 0 Å². The summed E-state index contributed by atoms with van der Waals surface area (Å²) in [5.74, 6) is 0.536. The van der Waals surface area contributed by atoms with Crippen LogP contribution < -0.4 is 20.1 Å². The number of benzene rings is 2. The first-order valence-electron chi connectivity index (χ1n) is 6.85. The number of nitrogens with one attached hydrogen (secondary N) is 2. The number of carbonyl (C=O) groups excluding carboxylic acids is 1. The van der Waals surface area contributed by atoms with Crippen molar-refractivity contribution < 1.29 is 14.3 Å². The Morgan fingerprint density at radius 2 is 1.62 bits per heavy atom. The quantitative estimate of drug-likeness (QED) is 0.751. The molecule has 5 nitrogen and oxygen atoms in total. The number of ether oxygens (including phenoxy) is 2. The van der Waals surface area contributed by atoms with E-state index >= 15 is 0 Å². The molecule has 0 bridgehead atoms. The number of hydrogen-bond acceptors (Lipinski definition) is 4. The zero-order valence-electron chi connectivity index (χ0n) is 13.0. The summed E-state index contributed by atoms with van der Waals surface area (Å²) in [6, 6.07) is 8.23. The van der Waals surface area contributed by atoms with Gasteiger partial charge < -0.3 is 20.1 Å². The van der Waals surface area contributed by atoms with E-state index in [2.05, 4.69) is 10.6 Å². The second kappa shape index (κ2) is 8.33. The lowest BCUT2D eigenvalue weighted by molar-refractivity contribution is -0.114. The minimum absolute atomic E-state index is 0.0302. The molecular formula is C16H15Cl3N2O3. The predicted molar refractivity (Wildman–Crippen MR) is 98.1 cm³/mol. The molecule has 0 unspecified atom stereocenters. The number of anilines is 2. The van der Waals surface area contributed by atoms with Gasteiger partial charge in [0.2, 0.25) is 5.91 Å². The molecule has 2 aromatic carbocycles. The average Bonchev–Trinajstić information content (AvgIpc) is 2.55. The molecule has 0 heterocycles. The third-order valence-corrected chi connectivity index (χ3v) is 4.06. The van der Waals surface area contributed by atoms with Crippen LogP contribution in [0.3, 0.4) is 0 Å². The van der Waals surface area contributed by atoms with Gasteiger partial charge in [0, 0.05) is 12.1 Å². The molecule has 128 valence electrons. The van der Waals surface area contributed by atoms with Gasteiger partial charge in [-0.05, 0) is 12.1 Å². The highest BCUT2D eigenvalue weighted by Crippen LogP contribution is 2.36. The van der Waals surface area contributed by atoms with Crippen molar-refractivity contribution in [2.24, 2.45) is 0 Å². The predicted octanol–water partition coefficient (Wildman–Crippen LogP) is 4.71. The molecular weight excluding hydrogens is 375 g/mol. The zero-order valence-corrected chi connectivity index (χ0v) is 15.2. The van der Waals surface area contributed by atoms with Crippen molar-refractivity contribution in [2.45, 2.75) is 0 Å². The molecule has 0 atom stereocenters. The minimum Gasteiger partial charge on any atom is -0.495 e. The van der Waals surface area contributed by atoms with Crippen LogP contribution in [0.25, 0.3) is 0 Å². The van der Waals surface area contributed by atoms with Gasteiger partial charge in [0.05, 0.1) is 47.2 Å². The van der Waals surface area contributed by atoms with E-state index in [-0.39, 0.29) is 12.5 Å². The molecule has 2 N–H and O–H groups in total. The van der Waals surface area contributed by atoms with Gasteiger partial charge in [0.15, 0.2) is 0 Å². The lowest BCUT2D eigenvalue weighted by atomic mass is 10.2. The van der Waals surface area contributed by atoms with E-state index < -0.39 is 0 Å². The number of carbonyl (C=O) groups is 1. The fraction of sp³-hybridized carbons (Fsp3) is 0.188. The van der Waals surface area contributed by atoms with Crippen LogP contribution in [0.4, 0.5) is 11.4 Å². The highest BCUT2D eigenvalue weighted by atomic mass is 35.5. The number of amides is 1. The van der Waals surface area contributed by atoms with E-state index in [1.54, 1.807) is 30.3 Å². The van der Waals surface area contributed by atoms with Crippen molar-refractivity contribution in [1.82, 2.24) is 0 Å². The Kier molecular flexibility index (Phi) is 6.43. The molecule has 0 aliphatic rings. The molecule has 0 fully saturated rings. The average molecular weight is 390 g/mol. The normalized spacial score (nSPS) is 10.2. The molecule has 0 aliphatic heterocycles. The van der Waals surface area contributed by atoms with Gasteiger partial charge in [-0.3, -0.25) is 4.79 Å². The van der Waals surface area contributed by atoms with E-state index in [1.165, 1.54) is 14.2 Å². The second-order valence-corrected chi connectivity index (χ2v) is 5.91. The van der Waals surface area contributed by atoms with Gasteiger partial charge in [0.25, 0.3) is 0 Å². The summed E-state index contributed by atoms with van der Waals surface area (Å²) in [6.07, 6.45) is 0. The van der Waals surface area contributed by atoms with Crippen molar-refractivity contribution in [2.75, 3.05) is 31.4 Å². The highest BCUT2D eigenvalue weighted by molar-refractivity contribution is 6.39. The molecule has 0 aromatic heterocycles. The third kappa shape index (κ3) is 4.38. The van der Waals surface area contributed by atoms with E-state index in [0.717, 1.165) is 0 Å². The van der Waals surface area contributed by atoms with Crippen LogP contribution in [0, 0.1) is 0 Å². The lowest BCUT2D eigenvalue weighted by Crippen LogP contribution is -2.22. The Morgan fingerprint density at radius 3 is 2.21 bits per heavy atom. The van der Waals surface area contributed by atoms with E-state index in [4.69, 9.17) is 44.3 Å². The van der Waals surface area contributed by atoms with Crippen molar-refractivity contribution >= 4 is 52.1 Å². The maximum Gasteiger partial charge on any atom is 0.243 e. The largest absolute Gasteiger partial charge is 0.495 e. The van der Waals surface area contributed by atoms with Gasteiger partial charge in [0.1, 0.15) is 11.5 Å². The molecule has 0 aliphatic carbocycles. The van der Waals surface area contributed by atoms with Crippen LogP contribution >= 0.6 is 34.8 Å². The SMILES string of the molecule is COc1cc(NC(=O)CNc2c(Cl)cccc2Cl)c(OC)cc1Cl. The summed E-state index contributed by atoms with van der Waals surface area (Å²) in [4.78, 5) is 12.2. The van der Waals surface area contributed by atoms with Gasteiger partial charge in [-0.2, -0.15) is 0 Å². The lowest BCUT2D eigenvalue weighted by Gasteiger charge is -2.14. The van der Waals surface area contributed by atoms with Crippen molar-refractivity contribution in [3.8, 4) is 11.5 Å². The summed E-state index contributed by atoms with van der Waals surface area (Å²) in [5, 5.41) is 6.87. The monoisotopic (exact) mass is 388 g/mol. The first-order valence-corrected chi connectivity index (χ1v) is 7.99. The number of methoxy groups -OCH3 is 2. The number of halogens is 3. The molecule has 2 rings (SSSR count).